The summed E-state index contributed by atoms with van der Waals surface area (Å²) in [4.78, 5) is 0. The molecule has 0 amide bonds. The van der Waals surface area contributed by atoms with Crippen molar-refractivity contribution in [1.82, 2.24) is 10.2 Å². The maximum Gasteiger partial charge on any atom is 0.148 e. The van der Waals surface area contributed by atoms with E-state index in [0.717, 1.165) is 12.4 Å². The maximum atomic E-state index is 4.97. The molecule has 1 heterocycles. The van der Waals surface area contributed by atoms with E-state index in [1.165, 1.54) is 31.4 Å². The number of nitrogens with one attached hydrogen (secondary N) is 2. The van der Waals surface area contributed by atoms with E-state index >= 15 is 0 Å². The number of aromatic nitrogens is 2. The van der Waals surface area contributed by atoms with Gasteiger partial charge < -0.3 is 10.1 Å². The van der Waals surface area contributed by atoms with E-state index in [9.17, 15) is 0 Å². The van der Waals surface area contributed by atoms with Gasteiger partial charge in [0, 0.05) is 31.3 Å². The number of methoxy groups -OCH3 is 1. The van der Waals surface area contributed by atoms with Gasteiger partial charge in [-0.2, -0.15) is 5.10 Å². The Labute approximate surface area is 90.4 Å². The zero-order valence-corrected chi connectivity index (χ0v) is 9.25. The van der Waals surface area contributed by atoms with Gasteiger partial charge in [0.2, 0.25) is 0 Å². The molecule has 1 aromatic rings. The lowest BCUT2D eigenvalue weighted by atomic mass is 10.0. The van der Waals surface area contributed by atoms with Gasteiger partial charge in [-0.05, 0) is 12.8 Å². The molecule has 0 spiro atoms. The van der Waals surface area contributed by atoms with Crippen LogP contribution in [0.5, 0.6) is 0 Å². The third-order valence-electron chi connectivity index (χ3n) is 3.00. The van der Waals surface area contributed by atoms with Crippen LogP contribution in [-0.2, 0) is 4.74 Å². The van der Waals surface area contributed by atoms with Gasteiger partial charge in [-0.3, -0.25) is 5.10 Å². The van der Waals surface area contributed by atoms with Gasteiger partial charge in [-0.1, -0.05) is 12.8 Å². The molecular weight excluding hydrogens is 190 g/mol. The Kier molecular flexibility index (Phi) is 3.61. The molecule has 2 N–H and O–H groups in total. The van der Waals surface area contributed by atoms with Gasteiger partial charge in [-0.15, -0.1) is 0 Å². The van der Waals surface area contributed by atoms with Crippen LogP contribution in [-0.4, -0.2) is 30.5 Å². The van der Waals surface area contributed by atoms with Crippen LogP contribution in [0, 0.1) is 0 Å². The second-order valence-electron chi connectivity index (χ2n) is 4.11. The highest BCUT2D eigenvalue weighted by atomic mass is 16.5. The monoisotopic (exact) mass is 209 g/mol. The minimum absolute atomic E-state index is 0.704. The molecule has 1 saturated carbocycles. The van der Waals surface area contributed by atoms with Crippen LogP contribution in [0.4, 0.5) is 5.82 Å². The van der Waals surface area contributed by atoms with Crippen molar-refractivity contribution < 1.29 is 4.74 Å². The van der Waals surface area contributed by atoms with Crippen molar-refractivity contribution in [3.05, 3.63) is 11.8 Å². The summed E-state index contributed by atoms with van der Waals surface area (Å²) in [5, 5.41) is 10.6. The Morgan fingerprint density at radius 3 is 3.07 bits per heavy atom. The second-order valence-corrected chi connectivity index (χ2v) is 4.11. The van der Waals surface area contributed by atoms with Crippen molar-refractivity contribution in [3.63, 3.8) is 0 Å². The van der Waals surface area contributed by atoms with Gasteiger partial charge in [0.25, 0.3) is 0 Å². The van der Waals surface area contributed by atoms with Crippen molar-refractivity contribution in [2.24, 2.45) is 0 Å². The Hall–Kier alpha value is -1.03. The molecule has 1 aliphatic rings. The summed E-state index contributed by atoms with van der Waals surface area (Å²) in [6, 6.07) is 2.13. The number of aromatic amines is 1. The van der Waals surface area contributed by atoms with Gasteiger partial charge in [0.05, 0.1) is 6.61 Å². The lowest BCUT2D eigenvalue weighted by molar-refractivity contribution is 0.210. The molecular formula is C11H19N3O. The molecule has 0 saturated heterocycles. The van der Waals surface area contributed by atoms with Crippen LogP contribution in [0.1, 0.15) is 37.3 Å². The molecule has 0 unspecified atom stereocenters. The molecule has 1 aromatic heterocycles. The summed E-state index contributed by atoms with van der Waals surface area (Å²) >= 11 is 0. The van der Waals surface area contributed by atoms with Gasteiger partial charge >= 0.3 is 0 Å². The second kappa shape index (κ2) is 5.16. The lowest BCUT2D eigenvalue weighted by Gasteiger charge is -2.03. The fraction of sp³-hybridized carbons (Fsp3) is 0.727. The number of ether oxygens (including phenoxy) is 1. The predicted octanol–water partition coefficient (Wildman–Crippen LogP) is 2.13. The van der Waals surface area contributed by atoms with E-state index in [1.54, 1.807) is 7.11 Å². The number of H-pyrrole nitrogens is 1. The summed E-state index contributed by atoms with van der Waals surface area (Å²) in [5.74, 6) is 1.64. The van der Waals surface area contributed by atoms with Gasteiger partial charge in [0.15, 0.2) is 0 Å². The Morgan fingerprint density at radius 1 is 1.53 bits per heavy atom. The summed E-state index contributed by atoms with van der Waals surface area (Å²) in [7, 11) is 1.70. The highest BCUT2D eigenvalue weighted by Crippen LogP contribution is 2.33. The van der Waals surface area contributed by atoms with Crippen LogP contribution in [0.15, 0.2) is 6.07 Å². The van der Waals surface area contributed by atoms with E-state index in [2.05, 4.69) is 21.6 Å². The largest absolute Gasteiger partial charge is 0.383 e. The molecule has 0 aromatic carbocycles. The number of hydrogen-bond donors (Lipinski definition) is 2. The Balaban J connectivity index is 1.86. The molecule has 1 fully saturated rings. The van der Waals surface area contributed by atoms with Crippen LogP contribution in [0.2, 0.25) is 0 Å². The van der Waals surface area contributed by atoms with E-state index in [4.69, 9.17) is 4.74 Å². The molecule has 84 valence electrons. The molecule has 4 heteroatoms. The minimum Gasteiger partial charge on any atom is -0.383 e. The molecule has 0 bridgehead atoms. The highest BCUT2D eigenvalue weighted by Gasteiger charge is 2.18. The average molecular weight is 209 g/mol. The van der Waals surface area contributed by atoms with E-state index in [-0.39, 0.29) is 0 Å². The van der Waals surface area contributed by atoms with Crippen LogP contribution in [0.3, 0.4) is 0 Å². The van der Waals surface area contributed by atoms with Gasteiger partial charge in [0.1, 0.15) is 5.82 Å². The quantitative estimate of drug-likeness (QED) is 0.730. The maximum absolute atomic E-state index is 4.97. The van der Waals surface area contributed by atoms with Crippen molar-refractivity contribution >= 4 is 5.82 Å². The third-order valence-corrected chi connectivity index (χ3v) is 3.00. The number of hydrogen-bond acceptors (Lipinski definition) is 3. The molecule has 1 aliphatic carbocycles. The van der Waals surface area contributed by atoms with Crippen molar-refractivity contribution in [1.29, 1.82) is 0 Å². The first kappa shape index (κ1) is 10.5. The normalized spacial score (nSPS) is 17.1. The fourth-order valence-electron chi connectivity index (χ4n) is 2.15. The summed E-state index contributed by atoms with van der Waals surface area (Å²) < 4.78 is 4.97. The van der Waals surface area contributed by atoms with Crippen LogP contribution in [0.25, 0.3) is 0 Å². The van der Waals surface area contributed by atoms with E-state index in [1.807, 2.05) is 0 Å². The topological polar surface area (TPSA) is 49.9 Å². The zero-order chi connectivity index (χ0) is 10.5. The standard InChI is InChI=1S/C11H19N3O/c1-15-7-6-12-11-8-10(13-14-11)9-4-2-3-5-9/h8-9H,2-7H2,1H3,(H2,12,13,14). The first-order chi connectivity index (χ1) is 7.40. The van der Waals surface area contributed by atoms with Crippen LogP contribution >= 0.6 is 0 Å². The average Bonchev–Trinajstić information content (AvgIpc) is 2.87. The summed E-state index contributed by atoms with van der Waals surface area (Å²) in [5.41, 5.74) is 1.28. The molecule has 0 atom stereocenters. The summed E-state index contributed by atoms with van der Waals surface area (Å²) in [6.07, 6.45) is 5.33. The number of rotatable bonds is 5. The smallest absolute Gasteiger partial charge is 0.148 e. The highest BCUT2D eigenvalue weighted by molar-refractivity contribution is 5.36. The fourth-order valence-corrected chi connectivity index (χ4v) is 2.15. The Bertz CT molecular complexity index is 292. The molecule has 0 radical (unpaired) electrons. The van der Waals surface area contributed by atoms with Gasteiger partial charge in [-0.25, -0.2) is 0 Å². The number of nitrogens with zero attached hydrogens (tertiary/aromatic N) is 1. The number of anilines is 1. The zero-order valence-electron chi connectivity index (χ0n) is 9.25. The van der Waals surface area contributed by atoms with Crippen molar-refractivity contribution in [3.8, 4) is 0 Å². The SMILES string of the molecule is COCCNc1cc(C2CCCC2)[nH]n1. The lowest BCUT2D eigenvalue weighted by Crippen LogP contribution is -2.07. The first-order valence-corrected chi connectivity index (χ1v) is 5.68. The van der Waals surface area contributed by atoms with Crippen molar-refractivity contribution in [2.75, 3.05) is 25.6 Å². The predicted molar refractivity (Wildman–Crippen MR) is 60.2 cm³/mol. The molecule has 0 aliphatic heterocycles. The van der Waals surface area contributed by atoms with Crippen LogP contribution < -0.4 is 5.32 Å². The van der Waals surface area contributed by atoms with E-state index < -0.39 is 0 Å². The molecule has 15 heavy (non-hydrogen) atoms. The molecule has 4 nitrogen and oxygen atoms in total. The third kappa shape index (κ3) is 2.72. The van der Waals surface area contributed by atoms with E-state index in [0.29, 0.717) is 12.5 Å². The molecule has 2 rings (SSSR count). The minimum atomic E-state index is 0.704. The Morgan fingerprint density at radius 2 is 2.33 bits per heavy atom. The first-order valence-electron chi connectivity index (χ1n) is 5.68. The summed E-state index contributed by atoms with van der Waals surface area (Å²) in [6.45, 7) is 1.52. The van der Waals surface area contributed by atoms with Crippen molar-refractivity contribution in [2.45, 2.75) is 31.6 Å².